The predicted octanol–water partition coefficient (Wildman–Crippen LogP) is 0.160. The third kappa shape index (κ3) is 1.69. The molecule has 2 rings (SSSR count). The molecule has 0 saturated carbocycles. The zero-order valence-corrected chi connectivity index (χ0v) is 8.95. The van der Waals surface area contributed by atoms with Crippen LogP contribution >= 0.6 is 11.6 Å². The Kier molecular flexibility index (Phi) is 2.37. The molecule has 2 aliphatic rings. The van der Waals surface area contributed by atoms with Crippen molar-refractivity contribution in [1.82, 2.24) is 15.6 Å². The summed E-state index contributed by atoms with van der Waals surface area (Å²) in [6.45, 7) is 0. The zero-order chi connectivity index (χ0) is 11.0. The van der Waals surface area contributed by atoms with Crippen molar-refractivity contribution in [1.29, 1.82) is 0 Å². The molecule has 0 atom stereocenters. The van der Waals surface area contributed by atoms with Gasteiger partial charge in [-0.15, -0.1) is 5.53 Å². The number of carbonyl (C=O) groups is 1. The summed E-state index contributed by atoms with van der Waals surface area (Å²) in [7, 11) is 3.09. The summed E-state index contributed by atoms with van der Waals surface area (Å²) < 4.78 is 4.56. The average Bonchev–Trinajstić information content (AvgIpc) is 2.58. The molecule has 0 saturated heterocycles. The number of fused-ring (bicyclic) bond motifs is 1. The van der Waals surface area contributed by atoms with Crippen LogP contribution in [0.2, 0.25) is 0 Å². The van der Waals surface area contributed by atoms with E-state index in [2.05, 4.69) is 15.3 Å². The number of esters is 1. The minimum atomic E-state index is -0.511. The van der Waals surface area contributed by atoms with Gasteiger partial charge in [0.25, 0.3) is 0 Å². The summed E-state index contributed by atoms with van der Waals surface area (Å²) in [4.78, 5) is 15.3. The van der Waals surface area contributed by atoms with Crippen LogP contribution in [0.15, 0.2) is 28.2 Å². The second-order valence-electron chi connectivity index (χ2n) is 2.99. The van der Waals surface area contributed by atoms with Gasteiger partial charge in [0, 0.05) is 13.1 Å². The lowest BCUT2D eigenvalue weighted by molar-refractivity contribution is -0.132. The van der Waals surface area contributed by atoms with Gasteiger partial charge in [-0.1, -0.05) is 11.6 Å². The van der Waals surface area contributed by atoms with Gasteiger partial charge in [-0.25, -0.2) is 14.8 Å². The maximum absolute atomic E-state index is 11.2. The van der Waals surface area contributed by atoms with Gasteiger partial charge in [-0.05, 0) is 0 Å². The second kappa shape index (κ2) is 3.56. The van der Waals surface area contributed by atoms with Gasteiger partial charge in [-0.2, -0.15) is 0 Å². The van der Waals surface area contributed by atoms with E-state index in [1.165, 1.54) is 13.2 Å². The van der Waals surface area contributed by atoms with Crippen LogP contribution in [0.25, 0.3) is 0 Å². The lowest BCUT2D eigenvalue weighted by Gasteiger charge is -2.22. The molecule has 0 aromatic rings. The van der Waals surface area contributed by atoms with Gasteiger partial charge in [0.15, 0.2) is 11.5 Å². The highest BCUT2D eigenvalue weighted by atomic mass is 35.5. The minimum absolute atomic E-state index is 0.183. The Morgan fingerprint density at radius 3 is 3.07 bits per heavy atom. The molecular weight excluding hydrogens is 220 g/mol. The average molecular weight is 229 g/mol. The summed E-state index contributed by atoms with van der Waals surface area (Å²) in [5, 5.41) is 3.59. The van der Waals surface area contributed by atoms with E-state index in [9.17, 15) is 4.79 Å². The Morgan fingerprint density at radius 2 is 2.40 bits per heavy atom. The van der Waals surface area contributed by atoms with E-state index in [0.717, 1.165) is 0 Å². The van der Waals surface area contributed by atoms with Gasteiger partial charge in [0.05, 0.1) is 13.3 Å². The van der Waals surface area contributed by atoms with E-state index in [0.29, 0.717) is 11.0 Å². The molecule has 0 radical (unpaired) electrons. The Labute approximate surface area is 91.4 Å². The third-order valence-electron chi connectivity index (χ3n) is 1.89. The van der Waals surface area contributed by atoms with E-state index in [1.807, 2.05) is 0 Å². The maximum Gasteiger partial charge on any atom is 0.356 e. The molecule has 0 aliphatic carbocycles. The van der Waals surface area contributed by atoms with Crippen molar-refractivity contribution in [2.45, 2.75) is 0 Å². The molecule has 0 unspecified atom stereocenters. The zero-order valence-electron chi connectivity index (χ0n) is 8.19. The number of ether oxygens (including phenoxy) is 1. The Hall–Kier alpha value is -1.53. The molecule has 2 aliphatic heterocycles. The van der Waals surface area contributed by atoms with Gasteiger partial charge < -0.3 is 4.74 Å². The largest absolute Gasteiger partial charge is 0.464 e. The van der Waals surface area contributed by atoms with Crippen LogP contribution in [0.1, 0.15) is 0 Å². The van der Waals surface area contributed by atoms with E-state index < -0.39 is 5.97 Å². The van der Waals surface area contributed by atoms with Gasteiger partial charge in [0.2, 0.25) is 0 Å². The van der Waals surface area contributed by atoms with Crippen molar-refractivity contribution < 1.29 is 9.53 Å². The first-order chi connectivity index (χ1) is 7.11. The molecule has 0 aromatic carbocycles. The van der Waals surface area contributed by atoms with Crippen molar-refractivity contribution in [3.63, 3.8) is 0 Å². The van der Waals surface area contributed by atoms with E-state index in [-0.39, 0.29) is 5.71 Å². The van der Waals surface area contributed by atoms with Crippen molar-refractivity contribution in [3.05, 3.63) is 23.3 Å². The fourth-order valence-electron chi connectivity index (χ4n) is 1.25. The molecule has 0 aromatic heterocycles. The van der Waals surface area contributed by atoms with Crippen LogP contribution in [-0.4, -0.2) is 35.9 Å². The molecule has 2 heterocycles. The fraction of sp³-hybridized carbons (Fsp3) is 0.250. The van der Waals surface area contributed by atoms with E-state index in [4.69, 9.17) is 11.6 Å². The number of nitrogens with zero attached hydrogens (tertiary/aromatic N) is 3. The predicted molar refractivity (Wildman–Crippen MR) is 54.2 cm³/mol. The van der Waals surface area contributed by atoms with Gasteiger partial charge >= 0.3 is 5.97 Å². The van der Waals surface area contributed by atoms with Gasteiger partial charge in [-0.3, -0.25) is 5.01 Å². The summed E-state index contributed by atoms with van der Waals surface area (Å²) in [6.07, 6.45) is 3.15. The van der Waals surface area contributed by atoms with E-state index in [1.54, 1.807) is 23.3 Å². The van der Waals surface area contributed by atoms with Crippen LogP contribution in [0.3, 0.4) is 0 Å². The number of halogens is 1. The molecule has 0 bridgehead atoms. The highest BCUT2D eigenvalue weighted by molar-refractivity contribution is 6.44. The normalized spacial score (nSPS) is 19.3. The number of hydrazine groups is 2. The summed E-state index contributed by atoms with van der Waals surface area (Å²) >= 11 is 5.95. The van der Waals surface area contributed by atoms with Crippen LogP contribution in [0.4, 0.5) is 0 Å². The topological polar surface area (TPSA) is 57.2 Å². The SMILES string of the molecule is COC(=O)C1=NC2=CN(C)NN2C(Cl)=C1. The summed E-state index contributed by atoms with van der Waals surface area (Å²) in [6, 6.07) is 0. The molecule has 80 valence electrons. The van der Waals surface area contributed by atoms with Crippen LogP contribution < -0.4 is 5.53 Å². The molecule has 0 spiro atoms. The second-order valence-corrected chi connectivity index (χ2v) is 3.38. The monoisotopic (exact) mass is 228 g/mol. The first-order valence-corrected chi connectivity index (χ1v) is 4.55. The van der Waals surface area contributed by atoms with Crippen molar-refractivity contribution in [3.8, 4) is 0 Å². The smallest absolute Gasteiger partial charge is 0.356 e. The molecule has 0 fully saturated rings. The Bertz CT molecular complexity index is 401. The first-order valence-electron chi connectivity index (χ1n) is 4.17. The van der Waals surface area contributed by atoms with Crippen LogP contribution in [0, 0.1) is 0 Å². The lowest BCUT2D eigenvalue weighted by atomic mass is 10.3. The number of hydrogen-bond acceptors (Lipinski definition) is 6. The highest BCUT2D eigenvalue weighted by Crippen LogP contribution is 2.24. The van der Waals surface area contributed by atoms with Crippen molar-refractivity contribution >= 4 is 23.3 Å². The van der Waals surface area contributed by atoms with E-state index >= 15 is 0 Å². The molecule has 7 heteroatoms. The number of aliphatic imine (C=N–C) groups is 1. The van der Waals surface area contributed by atoms with Gasteiger partial charge in [0.1, 0.15) is 5.16 Å². The molecule has 6 nitrogen and oxygen atoms in total. The Morgan fingerprint density at radius 1 is 1.67 bits per heavy atom. The molecule has 1 N–H and O–H groups in total. The number of nitrogens with one attached hydrogen (secondary N) is 1. The van der Waals surface area contributed by atoms with Crippen LogP contribution in [-0.2, 0) is 9.53 Å². The summed E-state index contributed by atoms with van der Waals surface area (Å²) in [5.41, 5.74) is 3.08. The van der Waals surface area contributed by atoms with Crippen molar-refractivity contribution in [2.24, 2.45) is 4.99 Å². The Balaban J connectivity index is 2.34. The fourth-order valence-corrected chi connectivity index (χ4v) is 1.47. The first kappa shape index (κ1) is 10.0. The number of carbonyl (C=O) groups excluding carboxylic acids is 1. The summed E-state index contributed by atoms with van der Waals surface area (Å²) in [5.74, 6) is 0.0358. The highest BCUT2D eigenvalue weighted by Gasteiger charge is 2.27. The molecule has 15 heavy (non-hydrogen) atoms. The maximum atomic E-state index is 11.2. The number of rotatable bonds is 1. The molecular formula is C8H9ClN4O2. The third-order valence-corrected chi connectivity index (χ3v) is 2.17. The molecule has 0 amide bonds. The lowest BCUT2D eigenvalue weighted by Crippen LogP contribution is -2.38. The minimum Gasteiger partial charge on any atom is -0.464 e. The quantitative estimate of drug-likeness (QED) is 0.512. The number of hydrogen-bond donors (Lipinski definition) is 1. The number of methoxy groups -OCH3 is 1. The van der Waals surface area contributed by atoms with Crippen molar-refractivity contribution in [2.75, 3.05) is 14.2 Å². The van der Waals surface area contributed by atoms with Crippen LogP contribution in [0.5, 0.6) is 0 Å². The standard InChI is InChI=1S/C8H9ClN4O2/c1-12-4-7-10-5(8(14)15-2)3-6(9)13(7)11-12/h3-4,11H,1-2H3.